The van der Waals surface area contributed by atoms with Gasteiger partial charge in [0, 0.05) is 0 Å². The molecule has 110 valence electrons. The lowest BCUT2D eigenvalue weighted by Crippen LogP contribution is -2.45. The molecule has 2 aromatic carbocycles. The van der Waals surface area contributed by atoms with Gasteiger partial charge in [0.1, 0.15) is 0 Å². The molecule has 0 atom stereocenters. The fourth-order valence-corrected chi connectivity index (χ4v) is 3.50. The Kier molecular flexibility index (Phi) is 3.39. The van der Waals surface area contributed by atoms with Crippen LogP contribution in [0.25, 0.3) is 0 Å². The molecule has 0 fully saturated rings. The second-order valence-electron chi connectivity index (χ2n) is 6.72. The summed E-state index contributed by atoms with van der Waals surface area (Å²) in [5.74, 6) is 0. The van der Waals surface area contributed by atoms with Gasteiger partial charge >= 0.3 is 0 Å². The fraction of sp³-hybridized carbons (Fsp3) is 0.368. The summed E-state index contributed by atoms with van der Waals surface area (Å²) >= 11 is 0. The summed E-state index contributed by atoms with van der Waals surface area (Å²) in [5.41, 5.74) is 3.63. The molecule has 2 aromatic rings. The minimum atomic E-state index is -0.130. The Balaban J connectivity index is 1.89. The van der Waals surface area contributed by atoms with E-state index in [9.17, 15) is 0 Å². The number of hydrogen-bond acceptors (Lipinski definition) is 2. The van der Waals surface area contributed by atoms with E-state index in [-0.39, 0.29) is 11.1 Å². The zero-order valence-electron chi connectivity index (χ0n) is 13.3. The molecule has 0 N–H and O–H groups in total. The third-order valence-electron chi connectivity index (χ3n) is 4.46. The van der Waals surface area contributed by atoms with Crippen molar-refractivity contribution < 1.29 is 4.84 Å². The molecule has 1 aliphatic rings. The van der Waals surface area contributed by atoms with Crippen LogP contribution in [-0.4, -0.2) is 5.06 Å². The van der Waals surface area contributed by atoms with Crippen molar-refractivity contribution in [1.82, 2.24) is 5.06 Å². The molecule has 0 radical (unpaired) electrons. The monoisotopic (exact) mass is 281 g/mol. The molecule has 0 aliphatic carbocycles. The third kappa shape index (κ3) is 2.29. The molecule has 1 aliphatic heterocycles. The molecule has 1 heterocycles. The number of nitrogens with zero attached hydrogens (tertiary/aromatic N) is 1. The molecule has 3 rings (SSSR count). The van der Waals surface area contributed by atoms with Crippen molar-refractivity contribution in [3.8, 4) is 0 Å². The quantitative estimate of drug-likeness (QED) is 0.815. The largest absolute Gasteiger partial charge is 0.293 e. The van der Waals surface area contributed by atoms with Crippen molar-refractivity contribution >= 4 is 0 Å². The Hall–Kier alpha value is -1.64. The molecule has 0 unspecified atom stereocenters. The van der Waals surface area contributed by atoms with Crippen LogP contribution < -0.4 is 0 Å². The maximum absolute atomic E-state index is 6.24. The molecule has 0 spiro atoms. The lowest BCUT2D eigenvalue weighted by molar-refractivity contribution is -0.268. The Morgan fingerprint density at radius 3 is 1.76 bits per heavy atom. The first-order chi connectivity index (χ1) is 9.94. The number of benzene rings is 2. The molecule has 2 nitrogen and oxygen atoms in total. The van der Waals surface area contributed by atoms with E-state index in [1.807, 2.05) is 18.2 Å². The molecule has 0 saturated carbocycles. The smallest absolute Gasteiger partial charge is 0.0936 e. The van der Waals surface area contributed by atoms with E-state index in [0.717, 1.165) is 0 Å². The highest BCUT2D eigenvalue weighted by atomic mass is 16.7. The van der Waals surface area contributed by atoms with Crippen molar-refractivity contribution in [3.63, 3.8) is 0 Å². The van der Waals surface area contributed by atoms with Gasteiger partial charge in [-0.15, -0.1) is 0 Å². The summed E-state index contributed by atoms with van der Waals surface area (Å²) in [6.07, 6.45) is 0. The second kappa shape index (κ2) is 4.97. The fourth-order valence-electron chi connectivity index (χ4n) is 3.50. The summed E-state index contributed by atoms with van der Waals surface area (Å²) in [6.45, 7) is 9.51. The number of fused-ring (bicyclic) bond motifs is 1. The first kappa shape index (κ1) is 14.3. The zero-order chi connectivity index (χ0) is 15.1. The van der Waals surface area contributed by atoms with Crippen molar-refractivity contribution in [2.75, 3.05) is 0 Å². The Morgan fingerprint density at radius 1 is 0.762 bits per heavy atom. The van der Waals surface area contributed by atoms with Crippen LogP contribution in [0.5, 0.6) is 0 Å². The van der Waals surface area contributed by atoms with E-state index in [1.165, 1.54) is 16.7 Å². The van der Waals surface area contributed by atoms with Crippen molar-refractivity contribution in [3.05, 3.63) is 71.3 Å². The van der Waals surface area contributed by atoms with Crippen LogP contribution in [0.1, 0.15) is 44.4 Å². The van der Waals surface area contributed by atoms with Gasteiger partial charge < -0.3 is 0 Å². The minimum absolute atomic E-state index is 0.130. The highest BCUT2D eigenvalue weighted by Crippen LogP contribution is 2.49. The van der Waals surface area contributed by atoms with Gasteiger partial charge in [-0.2, -0.15) is 5.06 Å². The molecule has 0 amide bonds. The number of rotatable bonds is 3. The highest BCUT2D eigenvalue weighted by molar-refractivity contribution is 5.42. The van der Waals surface area contributed by atoms with Crippen LogP contribution in [-0.2, 0) is 22.5 Å². The van der Waals surface area contributed by atoms with Gasteiger partial charge in [-0.3, -0.25) is 4.84 Å². The van der Waals surface area contributed by atoms with Crippen LogP contribution in [0.2, 0.25) is 0 Å². The van der Waals surface area contributed by atoms with Crippen LogP contribution in [0.4, 0.5) is 0 Å². The Morgan fingerprint density at radius 2 is 1.24 bits per heavy atom. The van der Waals surface area contributed by atoms with E-state index in [2.05, 4.69) is 69.2 Å². The number of hydrogen-bond donors (Lipinski definition) is 0. The Labute approximate surface area is 127 Å². The zero-order valence-corrected chi connectivity index (χ0v) is 13.3. The molecular weight excluding hydrogens is 258 g/mol. The van der Waals surface area contributed by atoms with Gasteiger partial charge in [0.2, 0.25) is 0 Å². The van der Waals surface area contributed by atoms with Gasteiger partial charge in [-0.25, -0.2) is 0 Å². The summed E-state index contributed by atoms with van der Waals surface area (Å²) in [7, 11) is 0. The average Bonchev–Trinajstić information content (AvgIpc) is 2.62. The van der Waals surface area contributed by atoms with E-state index in [1.54, 1.807) is 0 Å². The summed E-state index contributed by atoms with van der Waals surface area (Å²) < 4.78 is 0. The lowest BCUT2D eigenvalue weighted by atomic mass is 9.91. The molecule has 21 heavy (non-hydrogen) atoms. The normalized spacial score (nSPS) is 19.4. The van der Waals surface area contributed by atoms with Gasteiger partial charge in [0.05, 0.1) is 17.7 Å². The standard InChI is InChI=1S/C19H23NO/c1-18(2)16-12-8-9-13-17(16)19(3,4)20(18)21-14-15-10-6-5-7-11-15/h5-13H,14H2,1-4H3. The molecular formula is C19H23NO. The van der Waals surface area contributed by atoms with Gasteiger partial charge in [-0.1, -0.05) is 54.6 Å². The number of hydroxylamine groups is 2. The first-order valence-electron chi connectivity index (χ1n) is 7.51. The highest BCUT2D eigenvalue weighted by Gasteiger charge is 2.50. The van der Waals surface area contributed by atoms with E-state index in [0.29, 0.717) is 6.61 Å². The van der Waals surface area contributed by atoms with Crippen molar-refractivity contribution in [2.45, 2.75) is 45.4 Å². The summed E-state index contributed by atoms with van der Waals surface area (Å²) in [5, 5.41) is 2.15. The average molecular weight is 281 g/mol. The second-order valence-corrected chi connectivity index (χ2v) is 6.72. The minimum Gasteiger partial charge on any atom is -0.293 e. The maximum Gasteiger partial charge on any atom is 0.0936 e. The van der Waals surface area contributed by atoms with Crippen LogP contribution >= 0.6 is 0 Å². The molecule has 0 aromatic heterocycles. The summed E-state index contributed by atoms with van der Waals surface area (Å²) in [6, 6.07) is 19.0. The van der Waals surface area contributed by atoms with Gasteiger partial charge in [-0.05, 0) is 44.4 Å². The third-order valence-corrected chi connectivity index (χ3v) is 4.46. The first-order valence-corrected chi connectivity index (χ1v) is 7.51. The molecule has 2 heteroatoms. The van der Waals surface area contributed by atoms with Crippen LogP contribution in [0.3, 0.4) is 0 Å². The lowest BCUT2D eigenvalue weighted by Gasteiger charge is -2.39. The predicted molar refractivity (Wildman–Crippen MR) is 85.6 cm³/mol. The van der Waals surface area contributed by atoms with Crippen LogP contribution in [0.15, 0.2) is 54.6 Å². The predicted octanol–water partition coefficient (Wildman–Crippen LogP) is 4.60. The maximum atomic E-state index is 6.24. The molecule has 0 saturated heterocycles. The van der Waals surface area contributed by atoms with E-state index < -0.39 is 0 Å². The Bertz CT molecular complexity index is 596. The van der Waals surface area contributed by atoms with Crippen molar-refractivity contribution in [1.29, 1.82) is 0 Å². The SMILES string of the molecule is CC1(C)c2ccccc2C(C)(C)N1OCc1ccccc1. The van der Waals surface area contributed by atoms with E-state index >= 15 is 0 Å². The molecule has 0 bridgehead atoms. The van der Waals surface area contributed by atoms with E-state index in [4.69, 9.17) is 4.84 Å². The van der Waals surface area contributed by atoms with Crippen LogP contribution in [0, 0.1) is 0 Å². The van der Waals surface area contributed by atoms with Crippen molar-refractivity contribution in [2.24, 2.45) is 0 Å². The van der Waals surface area contributed by atoms with Gasteiger partial charge in [0.25, 0.3) is 0 Å². The topological polar surface area (TPSA) is 12.5 Å². The summed E-state index contributed by atoms with van der Waals surface area (Å²) in [4.78, 5) is 6.24. The van der Waals surface area contributed by atoms with Gasteiger partial charge in [0.15, 0.2) is 0 Å².